The molecular weight excluding hydrogens is 747 g/mol. The van der Waals surface area contributed by atoms with Crippen LogP contribution in [0.4, 0.5) is 17.1 Å². The van der Waals surface area contributed by atoms with E-state index in [0.29, 0.717) is 0 Å². The average molecular weight is 786 g/mol. The summed E-state index contributed by atoms with van der Waals surface area (Å²) in [6, 6.07) is 87.9. The molecule has 3 aliphatic carbocycles. The van der Waals surface area contributed by atoms with Gasteiger partial charge in [-0.05, 0) is 125 Å². The molecule has 1 nitrogen and oxygen atoms in total. The minimum Gasteiger partial charge on any atom is -0.310 e. The molecule has 10 aromatic rings. The average Bonchev–Trinajstić information content (AvgIpc) is 3.80. The maximum Gasteiger partial charge on any atom is 0.0726 e. The molecule has 0 aromatic heterocycles. The van der Waals surface area contributed by atoms with E-state index in [0.717, 1.165) is 17.1 Å². The van der Waals surface area contributed by atoms with E-state index in [4.69, 9.17) is 0 Å². The van der Waals surface area contributed by atoms with E-state index in [9.17, 15) is 0 Å². The lowest BCUT2D eigenvalue weighted by Crippen LogP contribution is -2.26. The highest BCUT2D eigenvalue weighted by molar-refractivity contribution is 6.07. The van der Waals surface area contributed by atoms with Gasteiger partial charge in [-0.15, -0.1) is 0 Å². The summed E-state index contributed by atoms with van der Waals surface area (Å²) < 4.78 is 0. The molecule has 62 heavy (non-hydrogen) atoms. The minimum atomic E-state index is -0.441. The summed E-state index contributed by atoms with van der Waals surface area (Å²) in [6.45, 7) is 0. The maximum atomic E-state index is 2.50. The lowest BCUT2D eigenvalue weighted by Gasteiger charge is -2.32. The van der Waals surface area contributed by atoms with Gasteiger partial charge in [0.25, 0.3) is 0 Å². The summed E-state index contributed by atoms with van der Waals surface area (Å²) in [6.07, 6.45) is 0. The number of anilines is 3. The van der Waals surface area contributed by atoms with Crippen LogP contribution in [0.3, 0.4) is 0 Å². The number of hydrogen-bond acceptors (Lipinski definition) is 1. The van der Waals surface area contributed by atoms with Gasteiger partial charge in [0.2, 0.25) is 0 Å². The van der Waals surface area contributed by atoms with Gasteiger partial charge in [0.1, 0.15) is 0 Å². The fourth-order valence-corrected chi connectivity index (χ4v) is 11.2. The minimum absolute atomic E-state index is 0.441. The Bertz CT molecular complexity index is 3300. The van der Waals surface area contributed by atoms with Gasteiger partial charge in [-0.25, -0.2) is 0 Å². The first-order valence-corrected chi connectivity index (χ1v) is 21.6. The van der Waals surface area contributed by atoms with E-state index in [1.807, 2.05) is 0 Å². The van der Waals surface area contributed by atoms with Crippen molar-refractivity contribution in [3.63, 3.8) is 0 Å². The van der Waals surface area contributed by atoms with Crippen molar-refractivity contribution in [3.8, 4) is 77.9 Å². The van der Waals surface area contributed by atoms with E-state index >= 15 is 0 Å². The fourth-order valence-electron chi connectivity index (χ4n) is 11.2. The number of fused-ring (bicyclic) bond motifs is 17. The third kappa shape index (κ3) is 4.85. The summed E-state index contributed by atoms with van der Waals surface area (Å²) in [5, 5.41) is 0. The fraction of sp³-hybridized carbons (Fsp3) is 0.0164. The van der Waals surface area contributed by atoms with E-state index in [1.54, 1.807) is 0 Å². The van der Waals surface area contributed by atoms with Crippen LogP contribution < -0.4 is 4.90 Å². The van der Waals surface area contributed by atoms with Crippen LogP contribution in [0.25, 0.3) is 77.9 Å². The van der Waals surface area contributed by atoms with Crippen LogP contribution in [0.15, 0.2) is 237 Å². The van der Waals surface area contributed by atoms with Crippen molar-refractivity contribution < 1.29 is 0 Å². The molecule has 1 heteroatoms. The summed E-state index contributed by atoms with van der Waals surface area (Å²) in [4.78, 5) is 2.50. The Hall–Kier alpha value is -8.00. The topological polar surface area (TPSA) is 3.24 Å². The Morgan fingerprint density at radius 3 is 1.27 bits per heavy atom. The molecule has 0 fully saturated rings. The monoisotopic (exact) mass is 785 g/mol. The van der Waals surface area contributed by atoms with Gasteiger partial charge in [0.05, 0.1) is 11.1 Å². The van der Waals surface area contributed by atoms with Crippen LogP contribution in [0.1, 0.15) is 22.3 Å². The normalized spacial score (nSPS) is 13.0. The second-order valence-electron chi connectivity index (χ2n) is 16.7. The molecule has 2 bridgehead atoms. The van der Waals surface area contributed by atoms with Gasteiger partial charge in [-0.1, -0.05) is 206 Å². The first-order valence-electron chi connectivity index (χ1n) is 21.6. The van der Waals surface area contributed by atoms with Crippen molar-refractivity contribution in [1.82, 2.24) is 0 Å². The SMILES string of the molecule is c1ccc(-c2ccc(N(c3cccc(-c4c5cccc4-c4ccccc4-c4ccccc4-5)c3)c3cccc4c3-c3ccccc3C43c4ccccc4-c4ccccc43)cc2)cc1. The van der Waals surface area contributed by atoms with Crippen molar-refractivity contribution in [2.75, 3.05) is 4.90 Å². The van der Waals surface area contributed by atoms with Crippen molar-refractivity contribution in [2.24, 2.45) is 0 Å². The Balaban J connectivity index is 1.07. The summed E-state index contributed by atoms with van der Waals surface area (Å²) >= 11 is 0. The molecule has 0 atom stereocenters. The Morgan fingerprint density at radius 2 is 0.661 bits per heavy atom. The van der Waals surface area contributed by atoms with Gasteiger partial charge in [0, 0.05) is 16.9 Å². The zero-order chi connectivity index (χ0) is 40.8. The van der Waals surface area contributed by atoms with Gasteiger partial charge >= 0.3 is 0 Å². The van der Waals surface area contributed by atoms with Crippen molar-refractivity contribution in [1.29, 1.82) is 0 Å². The van der Waals surface area contributed by atoms with Crippen molar-refractivity contribution in [2.45, 2.75) is 5.41 Å². The van der Waals surface area contributed by atoms with Gasteiger partial charge in [0.15, 0.2) is 0 Å². The van der Waals surface area contributed by atoms with E-state index < -0.39 is 5.41 Å². The van der Waals surface area contributed by atoms with Gasteiger partial charge in [-0.3, -0.25) is 0 Å². The highest BCUT2D eigenvalue weighted by Gasteiger charge is 2.52. The first-order chi connectivity index (χ1) is 30.8. The number of rotatable bonds is 5. The zero-order valence-electron chi connectivity index (χ0n) is 34.0. The first kappa shape index (κ1) is 34.8. The molecule has 288 valence electrons. The lowest BCUT2D eigenvalue weighted by atomic mass is 9.70. The molecule has 0 saturated heterocycles. The van der Waals surface area contributed by atoms with Crippen molar-refractivity contribution in [3.05, 3.63) is 259 Å². The molecule has 0 heterocycles. The summed E-state index contributed by atoms with van der Waals surface area (Å²) in [7, 11) is 0. The van der Waals surface area contributed by atoms with E-state index in [2.05, 4.69) is 241 Å². The molecular formula is C61H39N. The molecule has 10 aromatic carbocycles. The predicted octanol–water partition coefficient (Wildman–Crippen LogP) is 16.1. The highest BCUT2D eigenvalue weighted by Crippen LogP contribution is 2.64. The molecule has 0 aliphatic heterocycles. The van der Waals surface area contributed by atoms with Gasteiger partial charge < -0.3 is 4.90 Å². The molecule has 0 radical (unpaired) electrons. The Morgan fingerprint density at radius 1 is 0.242 bits per heavy atom. The molecule has 3 aliphatic rings. The zero-order valence-corrected chi connectivity index (χ0v) is 34.0. The molecule has 0 saturated carbocycles. The lowest BCUT2D eigenvalue weighted by molar-refractivity contribution is 0.794. The van der Waals surface area contributed by atoms with Crippen molar-refractivity contribution >= 4 is 17.1 Å². The molecule has 0 unspecified atom stereocenters. The van der Waals surface area contributed by atoms with E-state index in [-0.39, 0.29) is 0 Å². The number of benzene rings is 10. The molecule has 0 amide bonds. The smallest absolute Gasteiger partial charge is 0.0726 e. The summed E-state index contributed by atoms with van der Waals surface area (Å²) in [5.41, 5.74) is 25.9. The standard InChI is InChI=1S/C61H39N/c1-2-17-40(18-3-1)41-35-37-43(38-36-41)62(44-20-14-19-42(39-44)59-51-28-15-29-52(59)48-24-7-5-22-46(48)45-21-4-6-23-47(45)51)58-34-16-33-57-60(58)53-27-10-13-32-56(53)61(57)54-30-11-8-25-49(54)50-26-9-12-31-55(50)61/h1-39H. The highest BCUT2D eigenvalue weighted by atomic mass is 15.1. The number of hydrogen-bond donors (Lipinski definition) is 0. The molecule has 0 N–H and O–H groups in total. The van der Waals surface area contributed by atoms with Crippen LogP contribution in [0.5, 0.6) is 0 Å². The molecule has 1 spiro atoms. The number of nitrogens with zero attached hydrogens (tertiary/aromatic N) is 1. The third-order valence-electron chi connectivity index (χ3n) is 13.7. The van der Waals surface area contributed by atoms with Crippen LogP contribution >= 0.6 is 0 Å². The second-order valence-corrected chi connectivity index (χ2v) is 16.7. The Kier molecular flexibility index (Phi) is 7.59. The summed E-state index contributed by atoms with van der Waals surface area (Å²) in [5.74, 6) is 0. The molecule has 13 rings (SSSR count). The van der Waals surface area contributed by atoms with Crippen LogP contribution in [-0.2, 0) is 5.41 Å². The second kappa shape index (κ2) is 13.5. The third-order valence-corrected chi connectivity index (χ3v) is 13.7. The van der Waals surface area contributed by atoms with Crippen LogP contribution in [-0.4, -0.2) is 0 Å². The van der Waals surface area contributed by atoms with E-state index in [1.165, 1.54) is 100 Å². The quantitative estimate of drug-likeness (QED) is 0.168. The maximum absolute atomic E-state index is 2.50. The van der Waals surface area contributed by atoms with Gasteiger partial charge in [-0.2, -0.15) is 0 Å². The largest absolute Gasteiger partial charge is 0.310 e. The Labute approximate surface area is 362 Å². The predicted molar refractivity (Wildman–Crippen MR) is 258 cm³/mol. The van der Waals surface area contributed by atoms with Crippen LogP contribution in [0, 0.1) is 0 Å². The van der Waals surface area contributed by atoms with Crippen LogP contribution in [0.2, 0.25) is 0 Å².